The first-order chi connectivity index (χ1) is 31.2. The Bertz CT molecular complexity index is 2710. The van der Waals surface area contributed by atoms with Crippen molar-refractivity contribution in [2.45, 2.75) is 98.8 Å². The highest BCUT2D eigenvalue weighted by atomic mass is 32.3. The first-order valence-corrected chi connectivity index (χ1v) is 23.7. The maximum atomic E-state index is 14.8. The van der Waals surface area contributed by atoms with Gasteiger partial charge >= 0.3 is 42.8 Å². The van der Waals surface area contributed by atoms with Crippen molar-refractivity contribution in [1.29, 1.82) is 0 Å². The van der Waals surface area contributed by atoms with Gasteiger partial charge in [-0.05, 0) is 99.3 Å². The van der Waals surface area contributed by atoms with Gasteiger partial charge in [0.25, 0.3) is 23.6 Å². The van der Waals surface area contributed by atoms with Crippen LogP contribution in [0.25, 0.3) is 0 Å². The second-order valence-corrected chi connectivity index (χ2v) is 21.3. The van der Waals surface area contributed by atoms with Gasteiger partial charge in [-0.3, -0.25) is 34.0 Å². The van der Waals surface area contributed by atoms with Gasteiger partial charge in [0.15, 0.2) is 0 Å². The first-order valence-electron chi connectivity index (χ1n) is 20.9. The summed E-state index contributed by atoms with van der Waals surface area (Å²) < 4.78 is 128. The van der Waals surface area contributed by atoms with Crippen molar-refractivity contribution in [1.82, 2.24) is 10.1 Å². The number of benzene rings is 2. The number of Topliss-reactive ketones (excluding diaryl/α,β-unsaturated/α-hetero) is 2. The van der Waals surface area contributed by atoms with Gasteiger partial charge < -0.3 is 9.47 Å². The van der Waals surface area contributed by atoms with E-state index in [0.717, 1.165) is 0 Å². The molecule has 360 valence electrons. The van der Waals surface area contributed by atoms with Gasteiger partial charge in [0, 0.05) is 34.8 Å². The normalized spacial score (nSPS) is 30.5. The minimum absolute atomic E-state index is 0.0303. The molecule has 4 atom stereocenters. The molecule has 18 nitrogen and oxygen atoms in total. The number of nitrogens with zero attached hydrogens (tertiary/aromatic N) is 2. The van der Waals surface area contributed by atoms with E-state index in [1.165, 1.54) is 18.2 Å². The number of hydrogen-bond acceptors (Lipinski definition) is 16. The molecule has 0 radical (unpaired) electrons. The van der Waals surface area contributed by atoms with Crippen LogP contribution in [0.1, 0.15) is 96.1 Å². The first kappa shape index (κ1) is 47.9. The van der Waals surface area contributed by atoms with Crippen LogP contribution in [0, 0.1) is 35.5 Å². The third-order valence-electron chi connectivity index (χ3n) is 13.8. The second-order valence-electron chi connectivity index (χ2n) is 18.3. The van der Waals surface area contributed by atoms with Gasteiger partial charge in [0.2, 0.25) is 0 Å². The number of rotatable bonds is 8. The Labute approximate surface area is 377 Å². The fraction of sp³-hybridized carbons (Fsp3) is 0.524. The molecule has 25 heteroatoms. The Hall–Kier alpha value is -5.53. The van der Waals surface area contributed by atoms with E-state index in [1.807, 2.05) is 0 Å². The van der Waals surface area contributed by atoms with Crippen molar-refractivity contribution < 1.29 is 95.6 Å². The number of amides is 4. The van der Waals surface area contributed by atoms with E-state index in [-0.39, 0.29) is 95.0 Å². The lowest BCUT2D eigenvalue weighted by Gasteiger charge is -2.54. The van der Waals surface area contributed by atoms with Gasteiger partial charge in [0.1, 0.15) is 22.8 Å². The molecule has 10 aliphatic rings. The third kappa shape index (κ3) is 8.55. The molecule has 1 N–H and O–H groups in total. The van der Waals surface area contributed by atoms with Crippen molar-refractivity contribution in [3.8, 4) is 0 Å². The van der Waals surface area contributed by atoms with Gasteiger partial charge in [0.05, 0.1) is 12.8 Å². The lowest BCUT2D eigenvalue weighted by atomic mass is 9.53. The van der Waals surface area contributed by atoms with E-state index >= 15 is 0 Å². The number of alkyl halides is 4. The van der Waals surface area contributed by atoms with Crippen LogP contribution in [0.4, 0.5) is 21.4 Å². The zero-order valence-electron chi connectivity index (χ0n) is 34.7. The zero-order chi connectivity index (χ0) is 48.8. The van der Waals surface area contributed by atoms with Crippen molar-refractivity contribution in [2.75, 3.05) is 0 Å². The summed E-state index contributed by atoms with van der Waals surface area (Å²) in [7, 11) is -12.5. The standard InChI is InChI=1S/C21H19F2NO8S.C12H13F3O5S.C9H7NO3/c22-21(23,19(28)31-20-8-11-5-13(9-20)17(26)14(6-11)10-20)33(29,30)32-24-16(25)7-12-3-1-2-4-15(12)18(24)27;13-12(14,21(15,18)19)10(17)20-11-3-6-1-7(4-11)9(16)8(2-6)5-11;11-8-5-6-3-1-2-4-7(6)9(12)10(8)13/h1-4,11,13-14H,5-10H2;6-8H,1-5H2;1-4,13H,5H2. The lowest BCUT2D eigenvalue weighted by molar-refractivity contribution is -0.202. The minimum Gasteiger partial charge on any atom is -0.454 e. The molecule has 8 bridgehead atoms. The number of imide groups is 2. The monoisotopic (exact) mass is 986 g/mol. The lowest BCUT2D eigenvalue weighted by Crippen LogP contribution is -2.58. The second kappa shape index (κ2) is 16.6. The smallest absolute Gasteiger partial charge is 0.454 e. The highest BCUT2D eigenvalue weighted by Gasteiger charge is 2.64. The Balaban J connectivity index is 0.000000152. The molecule has 8 aliphatic carbocycles. The zero-order valence-corrected chi connectivity index (χ0v) is 36.4. The molecule has 8 saturated carbocycles. The number of esters is 2. The molecule has 2 aliphatic heterocycles. The molecule has 8 fully saturated rings. The Kier molecular flexibility index (Phi) is 11.9. The van der Waals surface area contributed by atoms with Crippen molar-refractivity contribution in [3.63, 3.8) is 0 Å². The van der Waals surface area contributed by atoms with Crippen LogP contribution in [-0.2, 0) is 75.7 Å². The quantitative estimate of drug-likeness (QED) is 0.129. The third-order valence-corrected chi connectivity index (χ3v) is 15.7. The SMILES string of the molecule is O=C1C2CC3CC1CC(OC(=O)C(F)(F)S(=O)(=O)F)(C3)C2.O=C1C2CC3CC1CC(OC(=O)C(F)(F)S(=O)(=O)ON1C(=O)Cc4ccccc4C1=O)(C3)C2.O=C1Cc2ccccc2C(=O)N1O. The molecule has 0 aromatic heterocycles. The molecule has 12 rings (SSSR count). The van der Waals surface area contributed by atoms with E-state index in [0.29, 0.717) is 43.2 Å². The molecule has 0 saturated heterocycles. The summed E-state index contributed by atoms with van der Waals surface area (Å²) in [5.41, 5.74) is -1.33. The number of ketones is 2. The fourth-order valence-corrected chi connectivity index (χ4v) is 12.2. The number of hydrogen-bond donors (Lipinski definition) is 1. The molecule has 2 aromatic carbocycles. The van der Waals surface area contributed by atoms with Crippen LogP contribution < -0.4 is 0 Å². The topological polar surface area (TPSA) is 259 Å². The molecule has 0 spiro atoms. The van der Waals surface area contributed by atoms with Crippen LogP contribution in [0.3, 0.4) is 0 Å². The van der Waals surface area contributed by atoms with Crippen LogP contribution >= 0.6 is 0 Å². The Morgan fingerprint density at radius 1 is 0.597 bits per heavy atom. The molecule has 67 heavy (non-hydrogen) atoms. The predicted octanol–water partition coefficient (Wildman–Crippen LogP) is 3.93. The fourth-order valence-electron chi connectivity index (χ4n) is 11.2. The summed E-state index contributed by atoms with van der Waals surface area (Å²) in [4.78, 5) is 94.9. The van der Waals surface area contributed by atoms with E-state index < -0.39 is 95.9 Å². The van der Waals surface area contributed by atoms with E-state index in [4.69, 9.17) is 14.7 Å². The molecular formula is C42H39F5N2O16S2. The van der Waals surface area contributed by atoms with Crippen molar-refractivity contribution in [3.05, 3.63) is 70.8 Å². The summed E-state index contributed by atoms with van der Waals surface area (Å²) in [6.45, 7) is 0. The van der Waals surface area contributed by atoms with Crippen molar-refractivity contribution in [2.24, 2.45) is 35.5 Å². The van der Waals surface area contributed by atoms with E-state index in [2.05, 4.69) is 4.28 Å². The molecule has 2 heterocycles. The van der Waals surface area contributed by atoms with Crippen molar-refractivity contribution >= 4 is 67.5 Å². The summed E-state index contributed by atoms with van der Waals surface area (Å²) in [6.07, 6.45) is 3.10. The van der Waals surface area contributed by atoms with E-state index in [9.17, 15) is 76.6 Å². The minimum atomic E-state index is -6.37. The Morgan fingerprint density at radius 3 is 1.42 bits per heavy atom. The predicted molar refractivity (Wildman–Crippen MR) is 209 cm³/mol. The number of carbonyl (C=O) groups excluding carboxylic acids is 8. The Morgan fingerprint density at radius 2 is 0.985 bits per heavy atom. The van der Waals surface area contributed by atoms with Gasteiger partial charge in [-0.15, -0.1) is 9.35 Å². The summed E-state index contributed by atoms with van der Waals surface area (Å²) in [5.74, 6) is -9.61. The number of halogens is 5. The maximum absolute atomic E-state index is 14.8. The summed E-state index contributed by atoms with van der Waals surface area (Å²) in [5, 5.41) is -1.47. The van der Waals surface area contributed by atoms with E-state index in [1.54, 1.807) is 30.3 Å². The average molecular weight is 987 g/mol. The highest BCUT2D eigenvalue weighted by molar-refractivity contribution is 7.88. The number of carbonyl (C=O) groups is 8. The largest absolute Gasteiger partial charge is 0.470 e. The van der Waals surface area contributed by atoms with Crippen LogP contribution in [0.2, 0.25) is 0 Å². The van der Waals surface area contributed by atoms with Crippen LogP contribution in [0.5, 0.6) is 0 Å². The molecular weight excluding hydrogens is 948 g/mol. The summed E-state index contributed by atoms with van der Waals surface area (Å²) >= 11 is 0. The van der Waals surface area contributed by atoms with Gasteiger partial charge in [-0.25, -0.2) is 9.59 Å². The number of hydroxylamine groups is 4. The summed E-state index contributed by atoms with van der Waals surface area (Å²) in [6, 6.07) is 12.5. The van der Waals surface area contributed by atoms with Gasteiger partial charge in [-0.1, -0.05) is 40.3 Å². The maximum Gasteiger partial charge on any atom is 0.470 e. The van der Waals surface area contributed by atoms with Crippen LogP contribution in [0.15, 0.2) is 48.5 Å². The van der Waals surface area contributed by atoms with Gasteiger partial charge in [-0.2, -0.15) is 39.5 Å². The molecule has 4 unspecified atom stereocenters. The number of ether oxygens (including phenoxy) is 2. The molecule has 2 aromatic rings. The number of fused-ring (bicyclic) bond motifs is 2. The molecule has 4 amide bonds. The average Bonchev–Trinajstić information content (AvgIpc) is 3.24. The van der Waals surface area contributed by atoms with Crippen LogP contribution in [-0.4, -0.2) is 101 Å². The highest BCUT2D eigenvalue weighted by Crippen LogP contribution is 2.57.